The monoisotopic (exact) mass is 336 g/mol. The van der Waals surface area contributed by atoms with Gasteiger partial charge in [0.2, 0.25) is 0 Å². The maximum absolute atomic E-state index is 4.53. The third-order valence-corrected chi connectivity index (χ3v) is 5.05. The van der Waals surface area contributed by atoms with E-state index in [0.29, 0.717) is 6.04 Å². The van der Waals surface area contributed by atoms with Crippen molar-refractivity contribution in [1.82, 2.24) is 24.6 Å². The molecule has 1 aromatic carbocycles. The van der Waals surface area contributed by atoms with Gasteiger partial charge in [-0.3, -0.25) is 4.90 Å². The topological polar surface area (TPSA) is 58.9 Å². The van der Waals surface area contributed by atoms with Crippen LogP contribution in [0.4, 0.5) is 5.82 Å². The fourth-order valence-corrected chi connectivity index (χ4v) is 3.62. The van der Waals surface area contributed by atoms with Crippen LogP contribution in [0.1, 0.15) is 25.3 Å². The number of nitrogens with one attached hydrogen (secondary N) is 1. The van der Waals surface area contributed by atoms with Gasteiger partial charge >= 0.3 is 0 Å². The van der Waals surface area contributed by atoms with Crippen LogP contribution in [0, 0.1) is 6.92 Å². The molecule has 6 nitrogen and oxygen atoms in total. The van der Waals surface area contributed by atoms with Gasteiger partial charge in [0, 0.05) is 12.6 Å². The molecule has 3 aromatic rings. The third kappa shape index (κ3) is 3.09. The minimum atomic E-state index is 0.585. The van der Waals surface area contributed by atoms with Crippen molar-refractivity contribution < 1.29 is 0 Å². The van der Waals surface area contributed by atoms with Crippen molar-refractivity contribution in [3.8, 4) is 5.69 Å². The standard InChI is InChI=1S/C19H24N6/c1-3-24-10-4-5-16(24)11-20-18-17-12-23-25(19(17)22-13-21-18)15-8-6-14(2)7-9-15/h6-9,12-13,16H,3-5,10-11H2,1-2H3,(H,20,21,22)/t16-/m1/s1. The van der Waals surface area contributed by atoms with E-state index in [-0.39, 0.29) is 0 Å². The van der Waals surface area contributed by atoms with E-state index in [0.717, 1.165) is 35.6 Å². The molecule has 0 amide bonds. The quantitative estimate of drug-likeness (QED) is 0.776. The number of benzene rings is 1. The first-order chi connectivity index (χ1) is 12.3. The van der Waals surface area contributed by atoms with Gasteiger partial charge in [-0.25, -0.2) is 14.6 Å². The molecule has 1 aliphatic heterocycles. The molecular formula is C19H24N6. The predicted molar refractivity (Wildman–Crippen MR) is 100 cm³/mol. The minimum absolute atomic E-state index is 0.585. The number of anilines is 1. The van der Waals surface area contributed by atoms with Crippen LogP contribution in [0.3, 0.4) is 0 Å². The van der Waals surface area contributed by atoms with Gasteiger partial charge in [-0.15, -0.1) is 0 Å². The number of likely N-dealkylation sites (N-methyl/N-ethyl adjacent to an activating group) is 1. The van der Waals surface area contributed by atoms with Crippen LogP contribution in [-0.2, 0) is 0 Å². The first-order valence-electron chi connectivity index (χ1n) is 9.00. The maximum Gasteiger partial charge on any atom is 0.168 e. The fourth-order valence-electron chi connectivity index (χ4n) is 3.62. The second-order valence-electron chi connectivity index (χ2n) is 6.66. The van der Waals surface area contributed by atoms with Crippen molar-refractivity contribution in [3.05, 3.63) is 42.4 Å². The van der Waals surface area contributed by atoms with Gasteiger partial charge in [0.25, 0.3) is 0 Å². The number of hydrogen-bond donors (Lipinski definition) is 1. The Morgan fingerprint density at radius 1 is 1.20 bits per heavy atom. The molecule has 1 N–H and O–H groups in total. The number of nitrogens with zero attached hydrogens (tertiary/aromatic N) is 5. The Morgan fingerprint density at radius 2 is 2.04 bits per heavy atom. The molecule has 2 aromatic heterocycles. The molecule has 1 saturated heterocycles. The van der Waals surface area contributed by atoms with Crippen LogP contribution in [0.5, 0.6) is 0 Å². The Hall–Kier alpha value is -2.47. The maximum atomic E-state index is 4.53. The van der Waals surface area contributed by atoms with Crippen molar-refractivity contribution in [2.24, 2.45) is 0 Å². The van der Waals surface area contributed by atoms with Crippen LogP contribution in [0.15, 0.2) is 36.8 Å². The summed E-state index contributed by atoms with van der Waals surface area (Å²) in [6, 6.07) is 8.89. The van der Waals surface area contributed by atoms with Crippen molar-refractivity contribution in [3.63, 3.8) is 0 Å². The van der Waals surface area contributed by atoms with E-state index in [2.05, 4.69) is 63.4 Å². The van der Waals surface area contributed by atoms with E-state index in [1.165, 1.54) is 24.9 Å². The fraction of sp³-hybridized carbons (Fsp3) is 0.421. The van der Waals surface area contributed by atoms with Gasteiger partial charge in [-0.05, 0) is 45.0 Å². The van der Waals surface area contributed by atoms with Crippen molar-refractivity contribution >= 4 is 16.9 Å². The lowest BCUT2D eigenvalue weighted by Gasteiger charge is -2.23. The number of aryl methyl sites for hydroxylation is 1. The molecule has 130 valence electrons. The summed E-state index contributed by atoms with van der Waals surface area (Å²) in [5, 5.41) is 9.01. The zero-order chi connectivity index (χ0) is 17.2. The summed E-state index contributed by atoms with van der Waals surface area (Å²) in [5.74, 6) is 0.867. The third-order valence-electron chi connectivity index (χ3n) is 5.05. The molecule has 1 aliphatic rings. The Labute approximate surface area is 147 Å². The van der Waals surface area contributed by atoms with Crippen LogP contribution < -0.4 is 5.32 Å². The molecule has 0 unspecified atom stereocenters. The van der Waals surface area contributed by atoms with Gasteiger partial charge in [0.1, 0.15) is 12.1 Å². The average Bonchev–Trinajstić information content (AvgIpc) is 3.27. The lowest BCUT2D eigenvalue weighted by atomic mass is 10.2. The Morgan fingerprint density at radius 3 is 2.84 bits per heavy atom. The molecule has 1 atom stereocenters. The van der Waals surface area contributed by atoms with E-state index in [1.54, 1.807) is 6.33 Å². The van der Waals surface area contributed by atoms with E-state index in [9.17, 15) is 0 Å². The van der Waals surface area contributed by atoms with Gasteiger partial charge in [0.15, 0.2) is 5.65 Å². The summed E-state index contributed by atoms with van der Waals surface area (Å²) in [4.78, 5) is 11.4. The van der Waals surface area contributed by atoms with Crippen LogP contribution >= 0.6 is 0 Å². The summed E-state index contributed by atoms with van der Waals surface area (Å²) < 4.78 is 1.87. The van der Waals surface area contributed by atoms with E-state index in [1.807, 2.05) is 10.9 Å². The van der Waals surface area contributed by atoms with Gasteiger partial charge in [-0.2, -0.15) is 5.10 Å². The zero-order valence-electron chi connectivity index (χ0n) is 14.8. The van der Waals surface area contributed by atoms with E-state index in [4.69, 9.17) is 0 Å². The van der Waals surface area contributed by atoms with Crippen molar-refractivity contribution in [2.45, 2.75) is 32.7 Å². The summed E-state index contributed by atoms with van der Waals surface area (Å²) >= 11 is 0. The number of fused-ring (bicyclic) bond motifs is 1. The number of rotatable bonds is 5. The van der Waals surface area contributed by atoms with E-state index >= 15 is 0 Å². The largest absolute Gasteiger partial charge is 0.368 e. The molecule has 3 heterocycles. The lowest BCUT2D eigenvalue weighted by molar-refractivity contribution is 0.277. The summed E-state index contributed by atoms with van der Waals surface area (Å²) in [7, 11) is 0. The number of likely N-dealkylation sites (tertiary alicyclic amines) is 1. The summed E-state index contributed by atoms with van der Waals surface area (Å²) in [6.07, 6.45) is 6.00. The molecule has 0 bridgehead atoms. The van der Waals surface area contributed by atoms with Crippen molar-refractivity contribution in [2.75, 3.05) is 25.0 Å². The smallest absolute Gasteiger partial charge is 0.168 e. The zero-order valence-corrected chi connectivity index (χ0v) is 14.8. The molecule has 0 saturated carbocycles. The predicted octanol–water partition coefficient (Wildman–Crippen LogP) is 3.02. The molecule has 4 rings (SSSR count). The molecular weight excluding hydrogens is 312 g/mol. The van der Waals surface area contributed by atoms with Crippen LogP contribution in [-0.4, -0.2) is 50.3 Å². The van der Waals surface area contributed by atoms with Crippen LogP contribution in [0.25, 0.3) is 16.7 Å². The van der Waals surface area contributed by atoms with Gasteiger partial charge in [0.05, 0.1) is 17.3 Å². The Kier molecular flexibility index (Phi) is 4.36. The lowest BCUT2D eigenvalue weighted by Crippen LogP contribution is -2.34. The molecule has 0 radical (unpaired) electrons. The second kappa shape index (κ2) is 6.80. The molecule has 0 spiro atoms. The molecule has 6 heteroatoms. The highest BCUT2D eigenvalue weighted by Crippen LogP contribution is 2.23. The highest BCUT2D eigenvalue weighted by molar-refractivity contribution is 5.87. The van der Waals surface area contributed by atoms with Crippen LogP contribution in [0.2, 0.25) is 0 Å². The SMILES string of the molecule is CCN1CCC[C@@H]1CNc1ncnc2c1cnn2-c1ccc(C)cc1. The van der Waals surface area contributed by atoms with E-state index < -0.39 is 0 Å². The molecule has 1 fully saturated rings. The minimum Gasteiger partial charge on any atom is -0.368 e. The number of hydrogen-bond acceptors (Lipinski definition) is 5. The number of aromatic nitrogens is 4. The summed E-state index contributed by atoms with van der Waals surface area (Å²) in [5.41, 5.74) is 3.08. The Bertz CT molecular complexity index is 854. The molecule has 0 aliphatic carbocycles. The summed E-state index contributed by atoms with van der Waals surface area (Å²) in [6.45, 7) is 7.53. The van der Waals surface area contributed by atoms with Crippen molar-refractivity contribution in [1.29, 1.82) is 0 Å². The van der Waals surface area contributed by atoms with Gasteiger partial charge in [-0.1, -0.05) is 24.6 Å². The van der Waals surface area contributed by atoms with Gasteiger partial charge < -0.3 is 5.32 Å². The Balaban J connectivity index is 1.59. The highest BCUT2D eigenvalue weighted by atomic mass is 15.3. The second-order valence-corrected chi connectivity index (χ2v) is 6.66. The average molecular weight is 336 g/mol. The first-order valence-corrected chi connectivity index (χ1v) is 9.00. The normalized spacial score (nSPS) is 18.1. The first kappa shape index (κ1) is 16.0. The highest BCUT2D eigenvalue weighted by Gasteiger charge is 2.23. The molecule has 25 heavy (non-hydrogen) atoms.